The Labute approximate surface area is 171 Å². The summed E-state index contributed by atoms with van der Waals surface area (Å²) in [6.07, 6.45) is 1.92. The van der Waals surface area contributed by atoms with Crippen LogP contribution in [-0.4, -0.2) is 26.2 Å². The Balaban J connectivity index is 1.41. The Morgan fingerprint density at radius 2 is 1.66 bits per heavy atom. The van der Waals surface area contributed by atoms with E-state index < -0.39 is 0 Å². The molecule has 1 amide bonds. The highest BCUT2D eigenvalue weighted by atomic mass is 16.5. The van der Waals surface area contributed by atoms with Gasteiger partial charge in [-0.25, -0.2) is 0 Å². The molecule has 5 nitrogen and oxygen atoms in total. The van der Waals surface area contributed by atoms with Crippen molar-refractivity contribution < 1.29 is 14.3 Å². The number of carbonyl (C=O) groups excluding carboxylic acids is 1. The van der Waals surface area contributed by atoms with E-state index in [1.807, 2.05) is 66.7 Å². The van der Waals surface area contributed by atoms with Crippen LogP contribution in [0.5, 0.6) is 11.5 Å². The Bertz CT molecular complexity index is 896. The number of carbonyl (C=O) groups is 1. The number of rotatable bonds is 10. The third-order valence-electron chi connectivity index (χ3n) is 4.38. The van der Waals surface area contributed by atoms with Gasteiger partial charge < -0.3 is 20.1 Å². The SMILES string of the molecule is COc1ccc(NCC(=O)Nc2cccc(OCCCc3ccccc3)c2)cc1. The second kappa shape index (κ2) is 10.8. The van der Waals surface area contributed by atoms with Crippen LogP contribution in [0.2, 0.25) is 0 Å². The average molecular weight is 390 g/mol. The average Bonchev–Trinajstić information content (AvgIpc) is 2.77. The molecular formula is C24H26N2O3. The lowest BCUT2D eigenvalue weighted by Crippen LogP contribution is -2.21. The summed E-state index contributed by atoms with van der Waals surface area (Å²) < 4.78 is 10.9. The topological polar surface area (TPSA) is 59.6 Å². The highest BCUT2D eigenvalue weighted by molar-refractivity contribution is 5.93. The van der Waals surface area contributed by atoms with Crippen molar-refractivity contribution in [3.05, 3.63) is 84.4 Å². The maximum absolute atomic E-state index is 12.2. The fourth-order valence-electron chi connectivity index (χ4n) is 2.87. The van der Waals surface area contributed by atoms with Crippen molar-refractivity contribution in [1.29, 1.82) is 0 Å². The number of benzene rings is 3. The van der Waals surface area contributed by atoms with Gasteiger partial charge in [0.1, 0.15) is 11.5 Å². The fourth-order valence-corrected chi connectivity index (χ4v) is 2.87. The van der Waals surface area contributed by atoms with E-state index in [0.717, 1.165) is 30.0 Å². The van der Waals surface area contributed by atoms with E-state index in [-0.39, 0.29) is 12.5 Å². The molecule has 150 valence electrons. The number of nitrogens with one attached hydrogen (secondary N) is 2. The molecule has 0 saturated carbocycles. The molecule has 0 unspecified atom stereocenters. The Hall–Kier alpha value is -3.47. The van der Waals surface area contributed by atoms with Crippen LogP contribution in [0.1, 0.15) is 12.0 Å². The third-order valence-corrected chi connectivity index (χ3v) is 4.38. The van der Waals surface area contributed by atoms with Crippen LogP contribution in [0.15, 0.2) is 78.9 Å². The second-order valence-electron chi connectivity index (χ2n) is 6.60. The van der Waals surface area contributed by atoms with Gasteiger partial charge in [-0.05, 0) is 54.8 Å². The van der Waals surface area contributed by atoms with E-state index in [0.29, 0.717) is 12.3 Å². The molecule has 2 N–H and O–H groups in total. The number of ether oxygens (including phenoxy) is 2. The molecule has 3 aromatic rings. The van der Waals surface area contributed by atoms with Crippen molar-refractivity contribution in [2.24, 2.45) is 0 Å². The molecule has 0 radical (unpaired) electrons. The maximum atomic E-state index is 12.2. The first-order chi connectivity index (χ1) is 14.2. The molecule has 0 bridgehead atoms. The minimum Gasteiger partial charge on any atom is -0.497 e. The zero-order valence-corrected chi connectivity index (χ0v) is 16.6. The van der Waals surface area contributed by atoms with Crippen molar-refractivity contribution in [3.63, 3.8) is 0 Å². The first kappa shape index (κ1) is 20.3. The second-order valence-corrected chi connectivity index (χ2v) is 6.60. The molecule has 3 aromatic carbocycles. The lowest BCUT2D eigenvalue weighted by atomic mass is 10.1. The predicted molar refractivity (Wildman–Crippen MR) is 117 cm³/mol. The quantitative estimate of drug-likeness (QED) is 0.490. The van der Waals surface area contributed by atoms with Gasteiger partial charge >= 0.3 is 0 Å². The van der Waals surface area contributed by atoms with E-state index in [1.54, 1.807) is 7.11 Å². The van der Waals surface area contributed by atoms with E-state index in [4.69, 9.17) is 9.47 Å². The van der Waals surface area contributed by atoms with Gasteiger partial charge in [-0.1, -0.05) is 36.4 Å². The monoisotopic (exact) mass is 390 g/mol. The summed E-state index contributed by atoms with van der Waals surface area (Å²) in [5, 5.41) is 5.97. The van der Waals surface area contributed by atoms with Gasteiger partial charge in [0.25, 0.3) is 0 Å². The van der Waals surface area contributed by atoms with Crippen LogP contribution < -0.4 is 20.1 Å². The summed E-state index contributed by atoms with van der Waals surface area (Å²) in [5.41, 5.74) is 2.88. The lowest BCUT2D eigenvalue weighted by Gasteiger charge is -2.10. The van der Waals surface area contributed by atoms with Crippen molar-refractivity contribution in [3.8, 4) is 11.5 Å². The summed E-state index contributed by atoms with van der Waals surface area (Å²) in [6, 6.07) is 25.3. The molecule has 0 spiro atoms. The van der Waals surface area contributed by atoms with Crippen molar-refractivity contribution >= 4 is 17.3 Å². The highest BCUT2D eigenvalue weighted by Gasteiger charge is 2.04. The summed E-state index contributed by atoms with van der Waals surface area (Å²) >= 11 is 0. The zero-order chi connectivity index (χ0) is 20.3. The van der Waals surface area contributed by atoms with Crippen LogP contribution >= 0.6 is 0 Å². The van der Waals surface area contributed by atoms with Crippen LogP contribution in [0.3, 0.4) is 0 Å². The molecule has 0 aromatic heterocycles. The molecule has 3 rings (SSSR count). The van der Waals surface area contributed by atoms with Crippen molar-refractivity contribution in [2.75, 3.05) is 30.9 Å². The van der Waals surface area contributed by atoms with Crippen molar-refractivity contribution in [1.82, 2.24) is 0 Å². The lowest BCUT2D eigenvalue weighted by molar-refractivity contribution is -0.114. The van der Waals surface area contributed by atoms with Crippen LogP contribution in [0.25, 0.3) is 0 Å². The minimum absolute atomic E-state index is 0.123. The molecule has 5 heteroatoms. The highest BCUT2D eigenvalue weighted by Crippen LogP contribution is 2.18. The number of hydrogen-bond acceptors (Lipinski definition) is 4. The molecule has 0 saturated heterocycles. The number of methoxy groups -OCH3 is 1. The van der Waals surface area contributed by atoms with Crippen LogP contribution in [0, 0.1) is 0 Å². The molecule has 0 aliphatic heterocycles. The normalized spacial score (nSPS) is 10.2. The number of anilines is 2. The summed E-state index contributed by atoms with van der Waals surface area (Å²) in [7, 11) is 1.62. The van der Waals surface area contributed by atoms with Gasteiger partial charge in [0.05, 0.1) is 20.3 Å². The van der Waals surface area contributed by atoms with Gasteiger partial charge in [-0.15, -0.1) is 0 Å². The molecule has 0 atom stereocenters. The zero-order valence-electron chi connectivity index (χ0n) is 16.6. The largest absolute Gasteiger partial charge is 0.497 e. The van der Waals surface area contributed by atoms with Gasteiger partial charge in [-0.2, -0.15) is 0 Å². The van der Waals surface area contributed by atoms with Crippen molar-refractivity contribution in [2.45, 2.75) is 12.8 Å². The molecule has 0 aliphatic rings. The molecular weight excluding hydrogens is 364 g/mol. The third kappa shape index (κ3) is 6.88. The number of hydrogen-bond donors (Lipinski definition) is 2. The summed E-state index contributed by atoms with van der Waals surface area (Å²) in [5.74, 6) is 1.40. The Morgan fingerprint density at radius 1 is 0.862 bits per heavy atom. The van der Waals surface area contributed by atoms with E-state index in [2.05, 4.69) is 22.8 Å². The first-order valence-electron chi connectivity index (χ1n) is 9.67. The summed E-state index contributed by atoms with van der Waals surface area (Å²) in [6.45, 7) is 0.805. The number of amides is 1. The van der Waals surface area contributed by atoms with Crippen LogP contribution in [0.4, 0.5) is 11.4 Å². The van der Waals surface area contributed by atoms with Gasteiger partial charge in [0.15, 0.2) is 0 Å². The van der Waals surface area contributed by atoms with Gasteiger partial charge in [0, 0.05) is 17.4 Å². The van der Waals surface area contributed by atoms with E-state index >= 15 is 0 Å². The fraction of sp³-hybridized carbons (Fsp3) is 0.208. The van der Waals surface area contributed by atoms with E-state index in [9.17, 15) is 4.79 Å². The van der Waals surface area contributed by atoms with Gasteiger partial charge in [0.2, 0.25) is 5.91 Å². The number of aryl methyl sites for hydroxylation is 1. The first-order valence-corrected chi connectivity index (χ1v) is 9.67. The Morgan fingerprint density at radius 3 is 2.41 bits per heavy atom. The van der Waals surface area contributed by atoms with E-state index in [1.165, 1.54) is 5.56 Å². The minimum atomic E-state index is -0.123. The molecule has 29 heavy (non-hydrogen) atoms. The maximum Gasteiger partial charge on any atom is 0.243 e. The molecule has 0 fully saturated rings. The molecule has 0 heterocycles. The van der Waals surface area contributed by atoms with Crippen LogP contribution in [-0.2, 0) is 11.2 Å². The smallest absolute Gasteiger partial charge is 0.243 e. The van der Waals surface area contributed by atoms with Gasteiger partial charge in [-0.3, -0.25) is 4.79 Å². The molecule has 0 aliphatic carbocycles. The standard InChI is InChI=1S/C24H26N2O3/c1-28-22-14-12-20(13-15-22)25-18-24(27)26-21-10-5-11-23(17-21)29-16-6-9-19-7-3-2-4-8-19/h2-5,7-8,10-15,17,25H,6,9,16,18H2,1H3,(H,26,27). The summed E-state index contributed by atoms with van der Waals surface area (Å²) in [4.78, 5) is 12.2. The Kier molecular flexibility index (Phi) is 7.52. The predicted octanol–water partition coefficient (Wildman–Crippen LogP) is 4.76.